The van der Waals surface area contributed by atoms with Crippen molar-refractivity contribution in [1.82, 2.24) is 0 Å². The van der Waals surface area contributed by atoms with Crippen molar-refractivity contribution in [3.8, 4) is 5.75 Å². The van der Waals surface area contributed by atoms with Crippen molar-refractivity contribution in [2.75, 3.05) is 6.54 Å². The molecule has 15 heavy (non-hydrogen) atoms. The molecule has 2 nitrogen and oxygen atoms in total. The molecule has 0 saturated heterocycles. The third-order valence-corrected chi connectivity index (χ3v) is 2.49. The van der Waals surface area contributed by atoms with Crippen LogP contribution >= 0.6 is 0 Å². The predicted molar refractivity (Wildman–Crippen MR) is 64.3 cm³/mol. The van der Waals surface area contributed by atoms with Gasteiger partial charge in [0, 0.05) is 17.5 Å². The van der Waals surface area contributed by atoms with E-state index < -0.39 is 0 Å². The molecular weight excluding hydrogens is 186 g/mol. The fourth-order valence-electron chi connectivity index (χ4n) is 1.49. The van der Waals surface area contributed by atoms with Crippen LogP contribution in [0.4, 0.5) is 0 Å². The quantitative estimate of drug-likeness (QED) is 0.824. The zero-order valence-electron chi connectivity index (χ0n) is 10.1. The Balaban J connectivity index is 3.06. The Kier molecular flexibility index (Phi) is 3.75. The average molecular weight is 207 g/mol. The number of benzene rings is 1. The molecule has 1 rings (SSSR count). The molecule has 0 heterocycles. The molecule has 0 atom stereocenters. The van der Waals surface area contributed by atoms with Crippen LogP contribution in [0.1, 0.15) is 33.3 Å². The van der Waals surface area contributed by atoms with Gasteiger partial charge in [-0.1, -0.05) is 32.0 Å². The maximum atomic E-state index is 5.78. The highest BCUT2D eigenvalue weighted by Gasteiger charge is 2.22. The topological polar surface area (TPSA) is 35.2 Å². The number of ether oxygens (including phenoxy) is 1. The lowest BCUT2D eigenvalue weighted by Gasteiger charge is -2.26. The lowest BCUT2D eigenvalue weighted by atomic mass is 9.84. The molecule has 1 aromatic carbocycles. The van der Waals surface area contributed by atoms with Gasteiger partial charge in [0.05, 0.1) is 6.10 Å². The van der Waals surface area contributed by atoms with Crippen LogP contribution < -0.4 is 10.5 Å². The van der Waals surface area contributed by atoms with Gasteiger partial charge in [0.1, 0.15) is 5.75 Å². The second-order valence-corrected chi connectivity index (χ2v) is 4.75. The summed E-state index contributed by atoms with van der Waals surface area (Å²) in [4.78, 5) is 0. The van der Waals surface area contributed by atoms with E-state index in [0.29, 0.717) is 6.54 Å². The number of para-hydroxylation sites is 1. The van der Waals surface area contributed by atoms with E-state index in [2.05, 4.69) is 19.9 Å². The largest absolute Gasteiger partial charge is 0.491 e. The third kappa shape index (κ3) is 2.96. The summed E-state index contributed by atoms with van der Waals surface area (Å²) in [5.74, 6) is 0.947. The van der Waals surface area contributed by atoms with Crippen molar-refractivity contribution in [1.29, 1.82) is 0 Å². The molecule has 0 aliphatic carbocycles. The summed E-state index contributed by atoms with van der Waals surface area (Å²) in [5.41, 5.74) is 6.93. The standard InChI is InChI=1S/C13H21NO/c1-10(2)15-12-8-6-5-7-11(12)13(3,4)9-14/h5-8,10H,9,14H2,1-4H3. The highest BCUT2D eigenvalue weighted by Crippen LogP contribution is 2.31. The average Bonchev–Trinajstić information content (AvgIpc) is 2.17. The van der Waals surface area contributed by atoms with Crippen LogP contribution in [0.15, 0.2) is 24.3 Å². The highest BCUT2D eigenvalue weighted by molar-refractivity contribution is 5.39. The van der Waals surface area contributed by atoms with Crippen molar-refractivity contribution in [2.45, 2.75) is 39.2 Å². The summed E-state index contributed by atoms with van der Waals surface area (Å²) in [6, 6.07) is 8.12. The molecule has 0 saturated carbocycles. The van der Waals surface area contributed by atoms with E-state index in [0.717, 1.165) is 5.75 Å². The van der Waals surface area contributed by atoms with E-state index >= 15 is 0 Å². The fraction of sp³-hybridized carbons (Fsp3) is 0.538. The maximum absolute atomic E-state index is 5.78. The number of hydrogen-bond acceptors (Lipinski definition) is 2. The first-order valence-corrected chi connectivity index (χ1v) is 5.43. The van der Waals surface area contributed by atoms with Crippen LogP contribution in [-0.4, -0.2) is 12.6 Å². The van der Waals surface area contributed by atoms with Gasteiger partial charge in [0.15, 0.2) is 0 Å². The molecule has 0 spiro atoms. The van der Waals surface area contributed by atoms with Crippen LogP contribution in [0.5, 0.6) is 5.75 Å². The Hall–Kier alpha value is -1.02. The predicted octanol–water partition coefficient (Wildman–Crippen LogP) is 2.71. The summed E-state index contributed by atoms with van der Waals surface area (Å²) in [7, 11) is 0. The van der Waals surface area contributed by atoms with Gasteiger partial charge in [-0.05, 0) is 19.9 Å². The highest BCUT2D eigenvalue weighted by atomic mass is 16.5. The smallest absolute Gasteiger partial charge is 0.123 e. The molecule has 0 aromatic heterocycles. The number of rotatable bonds is 4. The molecule has 2 heteroatoms. The minimum atomic E-state index is -0.0362. The van der Waals surface area contributed by atoms with Gasteiger partial charge in [-0.3, -0.25) is 0 Å². The second-order valence-electron chi connectivity index (χ2n) is 4.75. The third-order valence-electron chi connectivity index (χ3n) is 2.49. The van der Waals surface area contributed by atoms with E-state index in [1.165, 1.54) is 5.56 Å². The molecule has 1 aromatic rings. The first-order valence-electron chi connectivity index (χ1n) is 5.43. The van der Waals surface area contributed by atoms with Gasteiger partial charge in [0.25, 0.3) is 0 Å². The van der Waals surface area contributed by atoms with Crippen LogP contribution in [0.25, 0.3) is 0 Å². The van der Waals surface area contributed by atoms with E-state index in [4.69, 9.17) is 10.5 Å². The van der Waals surface area contributed by atoms with E-state index in [-0.39, 0.29) is 11.5 Å². The molecule has 0 fully saturated rings. The molecule has 0 aliphatic heterocycles. The van der Waals surface area contributed by atoms with Crippen LogP contribution in [0.3, 0.4) is 0 Å². The van der Waals surface area contributed by atoms with Crippen molar-refractivity contribution >= 4 is 0 Å². The molecule has 84 valence electrons. The summed E-state index contributed by atoms with van der Waals surface area (Å²) in [5, 5.41) is 0. The van der Waals surface area contributed by atoms with Gasteiger partial charge < -0.3 is 10.5 Å². The SMILES string of the molecule is CC(C)Oc1ccccc1C(C)(C)CN. The monoisotopic (exact) mass is 207 g/mol. The zero-order chi connectivity index (χ0) is 11.5. The Morgan fingerprint density at radius 2 is 1.87 bits per heavy atom. The minimum Gasteiger partial charge on any atom is -0.491 e. The molecule has 0 aliphatic rings. The van der Waals surface area contributed by atoms with E-state index in [9.17, 15) is 0 Å². The molecule has 0 radical (unpaired) electrons. The van der Waals surface area contributed by atoms with Gasteiger partial charge in [-0.2, -0.15) is 0 Å². The lowest BCUT2D eigenvalue weighted by molar-refractivity contribution is 0.236. The molecule has 0 amide bonds. The molecule has 2 N–H and O–H groups in total. The Bertz CT molecular complexity index is 318. The second kappa shape index (κ2) is 4.67. The fourth-order valence-corrected chi connectivity index (χ4v) is 1.49. The Morgan fingerprint density at radius 3 is 2.40 bits per heavy atom. The first kappa shape index (κ1) is 12.1. The normalized spacial score (nSPS) is 11.9. The number of hydrogen-bond donors (Lipinski definition) is 1. The molecule has 0 unspecified atom stereocenters. The van der Waals surface area contributed by atoms with Crippen molar-refractivity contribution < 1.29 is 4.74 Å². The van der Waals surface area contributed by atoms with Gasteiger partial charge in [0.2, 0.25) is 0 Å². The van der Waals surface area contributed by atoms with Crippen LogP contribution in [-0.2, 0) is 5.41 Å². The molecular formula is C13H21NO. The summed E-state index contributed by atoms with van der Waals surface area (Å²) in [6.07, 6.45) is 0.194. The minimum absolute atomic E-state index is 0.0362. The van der Waals surface area contributed by atoms with Gasteiger partial charge in [-0.25, -0.2) is 0 Å². The lowest BCUT2D eigenvalue weighted by Crippen LogP contribution is -2.29. The summed E-state index contributed by atoms with van der Waals surface area (Å²) < 4.78 is 5.78. The summed E-state index contributed by atoms with van der Waals surface area (Å²) in [6.45, 7) is 8.95. The van der Waals surface area contributed by atoms with E-state index in [1.807, 2.05) is 32.0 Å². The van der Waals surface area contributed by atoms with Crippen molar-refractivity contribution in [2.24, 2.45) is 5.73 Å². The summed E-state index contributed by atoms with van der Waals surface area (Å²) >= 11 is 0. The zero-order valence-corrected chi connectivity index (χ0v) is 10.1. The number of nitrogens with two attached hydrogens (primary N) is 1. The Labute approximate surface area is 92.4 Å². The van der Waals surface area contributed by atoms with Gasteiger partial charge >= 0.3 is 0 Å². The maximum Gasteiger partial charge on any atom is 0.123 e. The van der Waals surface area contributed by atoms with Crippen LogP contribution in [0.2, 0.25) is 0 Å². The first-order chi connectivity index (χ1) is 6.97. The van der Waals surface area contributed by atoms with E-state index in [1.54, 1.807) is 0 Å². The Morgan fingerprint density at radius 1 is 1.27 bits per heavy atom. The van der Waals surface area contributed by atoms with Crippen molar-refractivity contribution in [3.63, 3.8) is 0 Å². The molecule has 0 bridgehead atoms. The van der Waals surface area contributed by atoms with Crippen LogP contribution in [0, 0.1) is 0 Å². The van der Waals surface area contributed by atoms with Gasteiger partial charge in [-0.15, -0.1) is 0 Å². The van der Waals surface area contributed by atoms with Crippen molar-refractivity contribution in [3.05, 3.63) is 29.8 Å².